The minimum Gasteiger partial charge on any atom is -0.494 e. The van der Waals surface area contributed by atoms with Crippen LogP contribution < -0.4 is 10.1 Å². The molecule has 1 aromatic carbocycles. The quantitative estimate of drug-likeness (QED) is 0.850. The van der Waals surface area contributed by atoms with Crippen LogP contribution >= 0.6 is 11.6 Å². The summed E-state index contributed by atoms with van der Waals surface area (Å²) in [6.45, 7) is 3.17. The Labute approximate surface area is 147 Å². The van der Waals surface area contributed by atoms with E-state index in [0.29, 0.717) is 19.6 Å². The number of methoxy groups -OCH3 is 1. The maximum absolute atomic E-state index is 13.0. The molecule has 9 heteroatoms. The van der Waals surface area contributed by atoms with Crippen molar-refractivity contribution in [2.24, 2.45) is 0 Å². The zero-order chi connectivity index (χ0) is 18.1. The molecule has 24 heavy (non-hydrogen) atoms. The van der Waals surface area contributed by atoms with Gasteiger partial charge in [0.05, 0.1) is 12.7 Å². The summed E-state index contributed by atoms with van der Waals surface area (Å²) >= 11 is 6.08. The second-order valence-electron chi connectivity index (χ2n) is 5.90. The number of benzene rings is 1. The highest BCUT2D eigenvalue weighted by molar-refractivity contribution is 7.89. The smallest absolute Gasteiger partial charge is 0.257 e. The van der Waals surface area contributed by atoms with Gasteiger partial charge in [-0.2, -0.15) is 4.31 Å². The van der Waals surface area contributed by atoms with Gasteiger partial charge in [-0.1, -0.05) is 11.6 Å². The highest BCUT2D eigenvalue weighted by Gasteiger charge is 2.33. The van der Waals surface area contributed by atoms with E-state index in [1.807, 2.05) is 6.92 Å². The number of ether oxygens (including phenoxy) is 1. The van der Waals surface area contributed by atoms with Crippen LogP contribution in [-0.2, 0) is 10.0 Å². The lowest BCUT2D eigenvalue weighted by molar-refractivity contribution is 0.0823. The van der Waals surface area contributed by atoms with Gasteiger partial charge in [0.2, 0.25) is 10.0 Å². The fourth-order valence-electron chi connectivity index (χ4n) is 2.62. The SMILES string of the molecule is COc1c(C(=O)N(C)C)cc(Cl)cc1S(=O)(=O)N1CCN[C@@H](C)C1. The van der Waals surface area contributed by atoms with E-state index >= 15 is 0 Å². The van der Waals surface area contributed by atoms with Crippen LogP contribution in [0.25, 0.3) is 0 Å². The van der Waals surface area contributed by atoms with Gasteiger partial charge in [0.1, 0.15) is 4.90 Å². The summed E-state index contributed by atoms with van der Waals surface area (Å²) in [5, 5.41) is 3.37. The number of amides is 1. The lowest BCUT2D eigenvalue weighted by Crippen LogP contribution is -2.51. The highest BCUT2D eigenvalue weighted by Crippen LogP contribution is 2.34. The van der Waals surface area contributed by atoms with E-state index in [2.05, 4.69) is 5.32 Å². The van der Waals surface area contributed by atoms with Gasteiger partial charge in [-0.15, -0.1) is 0 Å². The fourth-order valence-corrected chi connectivity index (χ4v) is 4.64. The Morgan fingerprint density at radius 1 is 1.42 bits per heavy atom. The molecule has 0 bridgehead atoms. The average Bonchev–Trinajstić information content (AvgIpc) is 2.53. The molecule has 1 aromatic rings. The molecule has 1 atom stereocenters. The van der Waals surface area contributed by atoms with Crippen molar-refractivity contribution in [3.8, 4) is 5.75 Å². The van der Waals surface area contributed by atoms with Crippen LogP contribution in [0.1, 0.15) is 17.3 Å². The number of carbonyl (C=O) groups excluding carboxylic acids is 1. The predicted molar refractivity (Wildman–Crippen MR) is 92.2 cm³/mol. The van der Waals surface area contributed by atoms with Crippen LogP contribution in [0.4, 0.5) is 0 Å². The molecule has 1 fully saturated rings. The van der Waals surface area contributed by atoms with Crippen LogP contribution in [0.3, 0.4) is 0 Å². The van der Waals surface area contributed by atoms with Crippen LogP contribution in [0, 0.1) is 0 Å². The Bertz CT molecular complexity index is 736. The summed E-state index contributed by atoms with van der Waals surface area (Å²) in [5.74, 6) is -0.358. The van der Waals surface area contributed by atoms with Gasteiger partial charge in [-0.25, -0.2) is 8.42 Å². The number of halogens is 1. The lowest BCUT2D eigenvalue weighted by atomic mass is 10.2. The molecule has 2 rings (SSSR count). The molecule has 7 nitrogen and oxygen atoms in total. The lowest BCUT2D eigenvalue weighted by Gasteiger charge is -2.31. The monoisotopic (exact) mass is 375 g/mol. The Kier molecular flexibility index (Phi) is 5.74. The van der Waals surface area contributed by atoms with Crippen LogP contribution in [0.2, 0.25) is 5.02 Å². The van der Waals surface area contributed by atoms with Crippen LogP contribution in [0.5, 0.6) is 5.75 Å². The molecule has 1 aliphatic heterocycles. The zero-order valence-corrected chi connectivity index (χ0v) is 15.7. The van der Waals surface area contributed by atoms with E-state index in [1.165, 1.54) is 28.4 Å². The fraction of sp³-hybridized carbons (Fsp3) is 0.533. The molecule has 1 saturated heterocycles. The number of rotatable bonds is 4. The normalized spacial score (nSPS) is 19.1. The van der Waals surface area contributed by atoms with Gasteiger partial charge in [0.25, 0.3) is 5.91 Å². The summed E-state index contributed by atoms with van der Waals surface area (Å²) in [5.41, 5.74) is 0.122. The second kappa shape index (κ2) is 7.26. The molecule has 0 radical (unpaired) electrons. The van der Waals surface area contributed by atoms with Crippen molar-refractivity contribution in [3.05, 3.63) is 22.7 Å². The first-order chi connectivity index (χ1) is 11.2. The summed E-state index contributed by atoms with van der Waals surface area (Å²) in [7, 11) is 0.670. The van der Waals surface area contributed by atoms with Gasteiger partial charge < -0.3 is 15.0 Å². The molecular formula is C15H22ClN3O4S. The Morgan fingerprint density at radius 3 is 2.62 bits per heavy atom. The molecule has 1 N–H and O–H groups in total. The van der Waals surface area contributed by atoms with E-state index in [9.17, 15) is 13.2 Å². The van der Waals surface area contributed by atoms with E-state index in [-0.39, 0.29) is 33.2 Å². The molecule has 0 aliphatic carbocycles. The number of piperazine rings is 1. The first-order valence-corrected chi connectivity index (χ1v) is 9.33. The first kappa shape index (κ1) is 19.0. The number of sulfonamides is 1. The van der Waals surface area contributed by atoms with E-state index in [4.69, 9.17) is 16.3 Å². The van der Waals surface area contributed by atoms with E-state index < -0.39 is 10.0 Å². The Morgan fingerprint density at radius 2 is 2.08 bits per heavy atom. The molecule has 0 saturated carbocycles. The number of carbonyl (C=O) groups is 1. The summed E-state index contributed by atoms with van der Waals surface area (Å²) in [4.78, 5) is 13.6. The molecule has 134 valence electrons. The van der Waals surface area contributed by atoms with Crippen LogP contribution in [-0.4, -0.2) is 70.4 Å². The van der Waals surface area contributed by atoms with Crippen molar-refractivity contribution in [2.75, 3.05) is 40.8 Å². The molecule has 0 aromatic heterocycles. The van der Waals surface area contributed by atoms with Gasteiger partial charge in [0.15, 0.2) is 5.75 Å². The third kappa shape index (κ3) is 3.66. The van der Waals surface area contributed by atoms with Crippen LogP contribution in [0.15, 0.2) is 17.0 Å². The number of nitrogens with one attached hydrogen (secondary N) is 1. The van der Waals surface area contributed by atoms with Gasteiger partial charge in [0, 0.05) is 44.8 Å². The largest absolute Gasteiger partial charge is 0.494 e. The topological polar surface area (TPSA) is 79.0 Å². The maximum atomic E-state index is 13.0. The Hall–Kier alpha value is -1.35. The molecule has 0 spiro atoms. The van der Waals surface area contributed by atoms with Crippen molar-refractivity contribution in [1.29, 1.82) is 0 Å². The van der Waals surface area contributed by atoms with Crippen molar-refractivity contribution < 1.29 is 17.9 Å². The Balaban J connectivity index is 2.58. The number of nitrogens with zero attached hydrogens (tertiary/aromatic N) is 2. The zero-order valence-electron chi connectivity index (χ0n) is 14.2. The molecule has 1 aliphatic rings. The average molecular weight is 376 g/mol. The third-order valence-electron chi connectivity index (χ3n) is 3.81. The molecule has 0 unspecified atom stereocenters. The van der Waals surface area contributed by atoms with Gasteiger partial charge >= 0.3 is 0 Å². The first-order valence-electron chi connectivity index (χ1n) is 7.51. The highest BCUT2D eigenvalue weighted by atomic mass is 35.5. The molecular weight excluding hydrogens is 354 g/mol. The summed E-state index contributed by atoms with van der Waals surface area (Å²) < 4.78 is 32.7. The number of hydrogen-bond donors (Lipinski definition) is 1. The minimum absolute atomic E-state index is 0.0179. The predicted octanol–water partition coefficient (Wildman–Crippen LogP) is 1.03. The summed E-state index contributed by atoms with van der Waals surface area (Å²) in [6.07, 6.45) is 0. The van der Waals surface area contributed by atoms with Crippen molar-refractivity contribution >= 4 is 27.5 Å². The van der Waals surface area contributed by atoms with E-state index in [1.54, 1.807) is 14.1 Å². The molecule has 1 amide bonds. The van der Waals surface area contributed by atoms with Gasteiger partial charge in [-0.3, -0.25) is 4.79 Å². The maximum Gasteiger partial charge on any atom is 0.257 e. The number of hydrogen-bond acceptors (Lipinski definition) is 5. The standard InChI is InChI=1S/C15H22ClN3O4S/c1-10-9-19(6-5-17-10)24(21,22)13-8-11(16)7-12(14(13)23-4)15(20)18(2)3/h7-8,10,17H,5-6,9H2,1-4H3/t10-/m0/s1. The van der Waals surface area contributed by atoms with Crippen molar-refractivity contribution in [3.63, 3.8) is 0 Å². The van der Waals surface area contributed by atoms with Gasteiger partial charge in [-0.05, 0) is 19.1 Å². The van der Waals surface area contributed by atoms with E-state index in [0.717, 1.165) is 0 Å². The third-order valence-corrected chi connectivity index (χ3v) is 5.90. The van der Waals surface area contributed by atoms with Crippen molar-refractivity contribution in [2.45, 2.75) is 17.9 Å². The summed E-state index contributed by atoms with van der Waals surface area (Å²) in [6, 6.07) is 2.79. The second-order valence-corrected chi connectivity index (χ2v) is 8.25. The minimum atomic E-state index is -3.83. The van der Waals surface area contributed by atoms with Crippen molar-refractivity contribution in [1.82, 2.24) is 14.5 Å². The molecule has 1 heterocycles.